The number of nitrogens with zero attached hydrogens (tertiary/aromatic N) is 3. The van der Waals surface area contributed by atoms with Gasteiger partial charge in [-0.15, -0.1) is 0 Å². The van der Waals surface area contributed by atoms with Gasteiger partial charge in [0.05, 0.1) is 17.7 Å². The lowest BCUT2D eigenvalue weighted by Crippen LogP contribution is -2.66. The standard InChI is InChI=1S/C40H49N5O5/c1-2-40-31(37(48)43-11-13-44(14-12-43)38(49)33-8-5-15-50-33)19-28(20-34(46)41-24-39-21-25-16-26(22-39)18-27(17-25)23-39)36(47)45(40)10-9-30-29-6-3-4-7-32(29)42-35(30)40/h3-8,15,25-28,31,42H,2,9-14,16-24H2,1H3,(H,41,46)/t25?,26?,27?,28?,31-,39?,40+/m1/s1. The van der Waals surface area contributed by atoms with E-state index in [2.05, 4.69) is 29.4 Å². The topological polar surface area (TPSA) is 119 Å². The molecule has 4 aliphatic carbocycles. The summed E-state index contributed by atoms with van der Waals surface area (Å²) in [7, 11) is 0. The molecule has 10 rings (SSSR count). The Morgan fingerprint density at radius 2 is 1.60 bits per heavy atom. The number of benzene rings is 1. The van der Waals surface area contributed by atoms with Crippen molar-refractivity contribution in [2.24, 2.45) is 35.0 Å². The van der Waals surface area contributed by atoms with Gasteiger partial charge >= 0.3 is 0 Å². The van der Waals surface area contributed by atoms with Gasteiger partial charge in [0.15, 0.2) is 5.76 Å². The lowest BCUT2D eigenvalue weighted by atomic mass is 9.49. The summed E-state index contributed by atoms with van der Waals surface area (Å²) in [6.07, 6.45) is 11.0. The number of hydrogen-bond donors (Lipinski definition) is 2. The Morgan fingerprint density at radius 3 is 2.28 bits per heavy atom. The predicted molar refractivity (Wildman–Crippen MR) is 187 cm³/mol. The van der Waals surface area contributed by atoms with Crippen LogP contribution in [0.1, 0.15) is 86.5 Å². The van der Waals surface area contributed by atoms with Crippen molar-refractivity contribution in [2.45, 2.75) is 76.7 Å². The van der Waals surface area contributed by atoms with Gasteiger partial charge in [0, 0.05) is 68.2 Å². The summed E-state index contributed by atoms with van der Waals surface area (Å²) in [4.78, 5) is 65.4. The number of rotatable bonds is 7. The number of aromatic amines is 1. The second kappa shape index (κ2) is 12.0. The van der Waals surface area contributed by atoms with Gasteiger partial charge in [-0.3, -0.25) is 19.2 Å². The largest absolute Gasteiger partial charge is 0.459 e. The zero-order chi connectivity index (χ0) is 34.2. The molecule has 10 heteroatoms. The van der Waals surface area contributed by atoms with Crippen molar-refractivity contribution in [2.75, 3.05) is 39.3 Å². The number of fused-ring (bicyclic) bond motifs is 5. The molecule has 1 unspecified atom stereocenters. The molecule has 2 saturated heterocycles. The highest BCUT2D eigenvalue weighted by Crippen LogP contribution is 2.60. The van der Waals surface area contributed by atoms with E-state index in [1.165, 1.54) is 50.4 Å². The Hall–Kier alpha value is -4.08. The molecule has 3 aromatic rings. The van der Waals surface area contributed by atoms with Crippen molar-refractivity contribution in [1.82, 2.24) is 25.0 Å². The number of hydrogen-bond acceptors (Lipinski definition) is 5. The molecule has 4 bridgehead atoms. The van der Waals surface area contributed by atoms with Crippen LogP contribution in [-0.2, 0) is 26.3 Å². The number of para-hydroxylation sites is 1. The highest BCUT2D eigenvalue weighted by atomic mass is 16.3. The van der Waals surface area contributed by atoms with Gasteiger partial charge in [-0.1, -0.05) is 25.1 Å². The summed E-state index contributed by atoms with van der Waals surface area (Å²) in [5, 5.41) is 4.46. The third kappa shape index (κ3) is 5.02. The molecular formula is C40H49N5O5. The van der Waals surface area contributed by atoms with Gasteiger partial charge < -0.3 is 29.4 Å². The Morgan fingerprint density at radius 1 is 0.900 bits per heavy atom. The maximum Gasteiger partial charge on any atom is 0.289 e. The van der Waals surface area contributed by atoms with Crippen LogP contribution < -0.4 is 5.32 Å². The normalized spacial score (nSPS) is 33.0. The smallest absolute Gasteiger partial charge is 0.289 e. The van der Waals surface area contributed by atoms with Crippen molar-refractivity contribution >= 4 is 34.5 Å². The molecule has 5 heterocycles. The maximum atomic E-state index is 14.9. The number of carbonyl (C=O) groups is 4. The lowest BCUT2D eigenvalue weighted by molar-refractivity contribution is -0.167. The van der Waals surface area contributed by atoms with Gasteiger partial charge in [0.25, 0.3) is 5.91 Å². The zero-order valence-electron chi connectivity index (χ0n) is 29.1. The minimum absolute atomic E-state index is 0.0000657. The van der Waals surface area contributed by atoms with Gasteiger partial charge in [-0.05, 0) is 105 Å². The van der Waals surface area contributed by atoms with E-state index in [1.54, 1.807) is 17.0 Å². The van der Waals surface area contributed by atoms with Crippen LogP contribution in [0.4, 0.5) is 0 Å². The number of piperidine rings is 1. The third-order valence-corrected chi connectivity index (χ3v) is 13.7. The molecule has 1 aromatic carbocycles. The number of carbonyl (C=O) groups excluding carboxylic acids is 4. The van der Waals surface area contributed by atoms with Crippen LogP contribution in [0.15, 0.2) is 47.1 Å². The molecule has 4 amide bonds. The van der Waals surface area contributed by atoms with Gasteiger partial charge in [0.1, 0.15) is 0 Å². The molecular weight excluding hydrogens is 630 g/mol. The predicted octanol–water partition coefficient (Wildman–Crippen LogP) is 5.09. The first kappa shape index (κ1) is 31.9. The average molecular weight is 680 g/mol. The number of piperazine rings is 1. The minimum atomic E-state index is -0.839. The summed E-state index contributed by atoms with van der Waals surface area (Å²) in [6, 6.07) is 11.6. The van der Waals surface area contributed by atoms with Crippen LogP contribution in [0.2, 0.25) is 0 Å². The van der Waals surface area contributed by atoms with E-state index in [9.17, 15) is 19.2 Å². The van der Waals surface area contributed by atoms with E-state index < -0.39 is 17.4 Å². The molecule has 0 radical (unpaired) electrons. The molecule has 6 fully saturated rings. The Balaban J connectivity index is 0.979. The number of nitrogens with one attached hydrogen (secondary N) is 2. The Bertz CT molecular complexity index is 1790. The van der Waals surface area contributed by atoms with Crippen LogP contribution in [0.5, 0.6) is 0 Å². The molecule has 4 saturated carbocycles. The SMILES string of the molecule is CC[C@]12c3[nH]c4ccccc4c3CCN1C(=O)C(CC(=O)NCC13CC4CC(CC(C4)C1)C3)C[C@@H]2C(=O)N1CCN(C(=O)c2ccco2)CC1. The van der Waals surface area contributed by atoms with Gasteiger partial charge in [0.2, 0.25) is 17.7 Å². The molecule has 50 heavy (non-hydrogen) atoms. The quantitative estimate of drug-likeness (QED) is 0.361. The summed E-state index contributed by atoms with van der Waals surface area (Å²) >= 11 is 0. The van der Waals surface area contributed by atoms with E-state index >= 15 is 0 Å². The first-order valence-electron chi connectivity index (χ1n) is 19.1. The Labute approximate surface area is 293 Å². The van der Waals surface area contributed by atoms with E-state index in [1.807, 2.05) is 21.9 Å². The van der Waals surface area contributed by atoms with Crippen LogP contribution in [-0.4, -0.2) is 82.6 Å². The fourth-order valence-electron chi connectivity index (χ4n) is 11.9. The molecule has 2 aromatic heterocycles. The number of furan rings is 1. The first-order chi connectivity index (χ1) is 24.3. The third-order valence-electron chi connectivity index (χ3n) is 13.7. The lowest BCUT2D eigenvalue weighted by Gasteiger charge is -2.57. The van der Waals surface area contributed by atoms with Gasteiger partial charge in [-0.2, -0.15) is 0 Å². The molecule has 10 nitrogen and oxygen atoms in total. The van der Waals surface area contributed by atoms with Crippen molar-refractivity contribution in [3.63, 3.8) is 0 Å². The summed E-state index contributed by atoms with van der Waals surface area (Å²) in [5.74, 6) is 1.40. The molecule has 7 aliphatic rings. The monoisotopic (exact) mass is 679 g/mol. The fourth-order valence-corrected chi connectivity index (χ4v) is 11.9. The van der Waals surface area contributed by atoms with E-state index in [0.29, 0.717) is 64.3 Å². The van der Waals surface area contributed by atoms with Gasteiger partial charge in [-0.25, -0.2) is 0 Å². The fraction of sp³-hybridized carbons (Fsp3) is 0.600. The van der Waals surface area contributed by atoms with Crippen molar-refractivity contribution in [1.29, 1.82) is 0 Å². The highest BCUT2D eigenvalue weighted by molar-refractivity contribution is 5.94. The number of amides is 4. The zero-order valence-corrected chi connectivity index (χ0v) is 29.1. The molecule has 3 atom stereocenters. The van der Waals surface area contributed by atoms with Crippen molar-refractivity contribution < 1.29 is 23.6 Å². The average Bonchev–Trinajstić information content (AvgIpc) is 3.80. The van der Waals surface area contributed by atoms with Crippen LogP contribution in [0.3, 0.4) is 0 Å². The number of H-pyrrole nitrogens is 1. The summed E-state index contributed by atoms with van der Waals surface area (Å²) in [6.45, 7) is 4.94. The molecule has 2 N–H and O–H groups in total. The van der Waals surface area contributed by atoms with Crippen LogP contribution in [0.25, 0.3) is 10.9 Å². The molecule has 3 aliphatic heterocycles. The van der Waals surface area contributed by atoms with Crippen molar-refractivity contribution in [3.8, 4) is 0 Å². The van der Waals surface area contributed by atoms with Crippen molar-refractivity contribution in [3.05, 3.63) is 59.7 Å². The van der Waals surface area contributed by atoms with E-state index in [4.69, 9.17) is 4.42 Å². The number of aromatic nitrogens is 1. The highest BCUT2D eigenvalue weighted by Gasteiger charge is 2.59. The molecule has 0 spiro atoms. The first-order valence-corrected chi connectivity index (χ1v) is 19.1. The maximum absolute atomic E-state index is 14.9. The van der Waals surface area contributed by atoms with E-state index in [0.717, 1.165) is 34.4 Å². The van der Waals surface area contributed by atoms with Crippen LogP contribution in [0, 0.1) is 35.0 Å². The molecule has 264 valence electrons. The van der Waals surface area contributed by atoms with E-state index in [-0.39, 0.29) is 35.5 Å². The Kier molecular flexibility index (Phi) is 7.66. The van der Waals surface area contributed by atoms with Crippen LogP contribution >= 0.6 is 0 Å². The second-order valence-corrected chi connectivity index (χ2v) is 16.5. The minimum Gasteiger partial charge on any atom is -0.459 e. The summed E-state index contributed by atoms with van der Waals surface area (Å²) < 4.78 is 5.35. The second-order valence-electron chi connectivity index (χ2n) is 16.5. The summed E-state index contributed by atoms with van der Waals surface area (Å²) in [5.41, 5.74) is 2.55.